The quantitative estimate of drug-likeness (QED) is 0.919. The number of nitrogens with one attached hydrogen (secondary N) is 1. The lowest BCUT2D eigenvalue weighted by molar-refractivity contribution is 0.169. The van der Waals surface area contributed by atoms with Gasteiger partial charge in [0.25, 0.3) is 0 Å². The van der Waals surface area contributed by atoms with Gasteiger partial charge < -0.3 is 5.32 Å². The first-order valence-corrected chi connectivity index (χ1v) is 5.76. The summed E-state index contributed by atoms with van der Waals surface area (Å²) < 4.78 is 0. The molecule has 0 spiro atoms. The van der Waals surface area contributed by atoms with Gasteiger partial charge in [-0.3, -0.25) is 9.88 Å². The van der Waals surface area contributed by atoms with Crippen molar-refractivity contribution in [2.24, 2.45) is 0 Å². The Hall–Kier alpha value is -0.350. The fraction of sp³-hybridized carbons (Fsp3) is 0.583. The summed E-state index contributed by atoms with van der Waals surface area (Å²) in [5, 5.41) is 3.39. The molecule has 1 aliphatic rings. The van der Waals surface area contributed by atoms with Crippen LogP contribution in [-0.4, -0.2) is 36.1 Å². The highest BCUT2D eigenvalue weighted by molar-refractivity contribution is 5.85. The van der Waals surface area contributed by atoms with Crippen molar-refractivity contribution in [3.63, 3.8) is 0 Å². The molecule has 2 rings (SSSR count). The summed E-state index contributed by atoms with van der Waals surface area (Å²) in [5.74, 6) is 0. The SMILES string of the molecule is CC[C@@H](c1ccncc1)N1CCNCC1.Cl.Cl. The molecule has 0 aromatic carbocycles. The van der Waals surface area contributed by atoms with Crippen molar-refractivity contribution in [2.75, 3.05) is 26.2 Å². The predicted molar refractivity (Wildman–Crippen MR) is 76.2 cm³/mol. The van der Waals surface area contributed by atoms with Crippen molar-refractivity contribution in [3.05, 3.63) is 30.1 Å². The van der Waals surface area contributed by atoms with E-state index in [1.165, 1.54) is 12.0 Å². The van der Waals surface area contributed by atoms with Gasteiger partial charge in [0.1, 0.15) is 0 Å². The Balaban J connectivity index is 0.00000128. The van der Waals surface area contributed by atoms with Crippen LogP contribution in [-0.2, 0) is 0 Å². The lowest BCUT2D eigenvalue weighted by Crippen LogP contribution is -2.45. The maximum absolute atomic E-state index is 4.08. The summed E-state index contributed by atoms with van der Waals surface area (Å²) >= 11 is 0. The third kappa shape index (κ3) is 4.43. The molecule has 0 bridgehead atoms. The van der Waals surface area contributed by atoms with Gasteiger partial charge in [-0.2, -0.15) is 0 Å². The molecule has 1 N–H and O–H groups in total. The predicted octanol–water partition coefficient (Wildman–Crippen LogP) is 2.28. The van der Waals surface area contributed by atoms with E-state index in [1.807, 2.05) is 12.4 Å². The van der Waals surface area contributed by atoms with Gasteiger partial charge in [-0.1, -0.05) is 6.92 Å². The second-order valence-electron chi connectivity index (χ2n) is 3.99. The van der Waals surface area contributed by atoms with E-state index >= 15 is 0 Å². The van der Waals surface area contributed by atoms with Crippen molar-refractivity contribution >= 4 is 24.8 Å². The molecule has 1 saturated heterocycles. The van der Waals surface area contributed by atoms with Crippen molar-refractivity contribution in [2.45, 2.75) is 19.4 Å². The zero-order chi connectivity index (χ0) is 10.5. The molecular formula is C12H21Cl2N3. The average Bonchev–Trinajstić information content (AvgIpc) is 2.33. The van der Waals surface area contributed by atoms with E-state index in [2.05, 4.69) is 34.3 Å². The average molecular weight is 278 g/mol. The molecule has 3 nitrogen and oxygen atoms in total. The van der Waals surface area contributed by atoms with Gasteiger partial charge in [0, 0.05) is 44.6 Å². The highest BCUT2D eigenvalue weighted by Gasteiger charge is 2.19. The van der Waals surface area contributed by atoms with Gasteiger partial charge in [-0.15, -0.1) is 24.8 Å². The van der Waals surface area contributed by atoms with Gasteiger partial charge in [0.2, 0.25) is 0 Å². The number of hydrogen-bond donors (Lipinski definition) is 1. The second kappa shape index (κ2) is 8.70. The summed E-state index contributed by atoms with van der Waals surface area (Å²) in [5.41, 5.74) is 1.40. The van der Waals surface area contributed by atoms with Gasteiger partial charge in [-0.25, -0.2) is 0 Å². The molecule has 1 aromatic rings. The molecule has 0 radical (unpaired) electrons. The zero-order valence-corrected chi connectivity index (χ0v) is 11.8. The molecule has 0 saturated carbocycles. The Morgan fingerprint density at radius 3 is 2.35 bits per heavy atom. The van der Waals surface area contributed by atoms with Crippen LogP contribution in [0.2, 0.25) is 0 Å². The molecule has 0 amide bonds. The first-order valence-electron chi connectivity index (χ1n) is 5.76. The Morgan fingerprint density at radius 1 is 1.24 bits per heavy atom. The molecule has 1 fully saturated rings. The minimum Gasteiger partial charge on any atom is -0.314 e. The van der Waals surface area contributed by atoms with Crippen LogP contribution in [0.1, 0.15) is 24.9 Å². The van der Waals surface area contributed by atoms with Gasteiger partial charge in [-0.05, 0) is 24.1 Å². The van der Waals surface area contributed by atoms with Gasteiger partial charge >= 0.3 is 0 Å². The van der Waals surface area contributed by atoms with Crippen molar-refractivity contribution < 1.29 is 0 Å². The zero-order valence-electron chi connectivity index (χ0n) is 10.1. The minimum atomic E-state index is 0. The summed E-state index contributed by atoms with van der Waals surface area (Å²) in [7, 11) is 0. The summed E-state index contributed by atoms with van der Waals surface area (Å²) in [6, 6.07) is 4.84. The maximum Gasteiger partial charge on any atom is 0.0347 e. The van der Waals surface area contributed by atoms with E-state index in [4.69, 9.17) is 0 Å². The van der Waals surface area contributed by atoms with Gasteiger partial charge in [0.05, 0.1) is 0 Å². The number of rotatable bonds is 3. The van der Waals surface area contributed by atoms with E-state index in [9.17, 15) is 0 Å². The molecule has 17 heavy (non-hydrogen) atoms. The largest absolute Gasteiger partial charge is 0.314 e. The van der Waals surface area contributed by atoms with Crippen LogP contribution in [0.3, 0.4) is 0 Å². The summed E-state index contributed by atoms with van der Waals surface area (Å²) in [6.45, 7) is 6.79. The lowest BCUT2D eigenvalue weighted by atomic mass is 10.0. The second-order valence-corrected chi connectivity index (χ2v) is 3.99. The van der Waals surface area contributed by atoms with Gasteiger partial charge in [0.15, 0.2) is 0 Å². The molecule has 0 unspecified atom stereocenters. The summed E-state index contributed by atoms with van der Waals surface area (Å²) in [6.07, 6.45) is 4.95. The molecule has 0 aliphatic carbocycles. The Labute approximate surface area is 116 Å². The van der Waals surface area contributed by atoms with Crippen LogP contribution in [0, 0.1) is 0 Å². The van der Waals surface area contributed by atoms with Crippen LogP contribution in [0.5, 0.6) is 0 Å². The van der Waals surface area contributed by atoms with E-state index in [0.29, 0.717) is 6.04 Å². The summed E-state index contributed by atoms with van der Waals surface area (Å²) in [4.78, 5) is 6.64. The van der Waals surface area contributed by atoms with Crippen molar-refractivity contribution in [3.8, 4) is 0 Å². The number of pyridine rings is 1. The number of aromatic nitrogens is 1. The van der Waals surface area contributed by atoms with Crippen LogP contribution < -0.4 is 5.32 Å². The monoisotopic (exact) mass is 277 g/mol. The minimum absolute atomic E-state index is 0. The van der Waals surface area contributed by atoms with Crippen LogP contribution >= 0.6 is 24.8 Å². The molecular weight excluding hydrogens is 257 g/mol. The highest BCUT2D eigenvalue weighted by Crippen LogP contribution is 2.23. The van der Waals surface area contributed by atoms with E-state index < -0.39 is 0 Å². The molecule has 1 aromatic heterocycles. The number of halogens is 2. The first-order chi connectivity index (χ1) is 7.42. The Kier molecular flexibility index (Phi) is 8.52. The number of hydrogen-bond acceptors (Lipinski definition) is 3. The Bertz CT molecular complexity index is 289. The maximum atomic E-state index is 4.08. The third-order valence-corrected chi connectivity index (χ3v) is 3.07. The van der Waals surface area contributed by atoms with E-state index in [-0.39, 0.29) is 24.8 Å². The first kappa shape index (κ1) is 16.6. The van der Waals surface area contributed by atoms with Crippen molar-refractivity contribution in [1.29, 1.82) is 0 Å². The van der Waals surface area contributed by atoms with Crippen molar-refractivity contribution in [1.82, 2.24) is 15.2 Å². The molecule has 98 valence electrons. The third-order valence-electron chi connectivity index (χ3n) is 3.07. The lowest BCUT2D eigenvalue weighted by Gasteiger charge is -2.34. The van der Waals surface area contributed by atoms with Crippen LogP contribution in [0.25, 0.3) is 0 Å². The fourth-order valence-corrected chi connectivity index (χ4v) is 2.28. The standard InChI is InChI=1S/C12H19N3.2ClH/c1-2-12(11-3-5-13-6-4-11)15-9-7-14-8-10-15;;/h3-6,12,14H,2,7-10H2,1H3;2*1H/t12-;;/m0../s1. The molecule has 1 aliphatic heterocycles. The smallest absolute Gasteiger partial charge is 0.0347 e. The molecule has 1 atom stereocenters. The topological polar surface area (TPSA) is 28.2 Å². The fourth-order valence-electron chi connectivity index (χ4n) is 2.28. The van der Waals surface area contributed by atoms with Crippen LogP contribution in [0.15, 0.2) is 24.5 Å². The number of nitrogens with zero attached hydrogens (tertiary/aromatic N) is 2. The molecule has 5 heteroatoms. The van der Waals surface area contributed by atoms with E-state index in [1.54, 1.807) is 0 Å². The Morgan fingerprint density at radius 2 is 1.82 bits per heavy atom. The normalized spacial score (nSPS) is 17.7. The molecule has 2 heterocycles. The van der Waals surface area contributed by atoms with E-state index in [0.717, 1.165) is 26.2 Å². The highest BCUT2D eigenvalue weighted by atomic mass is 35.5. The number of piperazine rings is 1. The van der Waals surface area contributed by atoms with Crippen LogP contribution in [0.4, 0.5) is 0 Å².